The van der Waals surface area contributed by atoms with Crippen LogP contribution in [-0.4, -0.2) is 35.7 Å². The summed E-state index contributed by atoms with van der Waals surface area (Å²) in [7, 11) is 0. The lowest BCUT2D eigenvalue weighted by Crippen LogP contribution is -2.35. The average Bonchev–Trinajstić information content (AvgIpc) is 2.03. The second-order valence-electron chi connectivity index (χ2n) is 3.70. The van der Waals surface area contributed by atoms with Gasteiger partial charge in [-0.2, -0.15) is 0 Å². The number of rotatable bonds is 6. The maximum absolute atomic E-state index is 9.61. The third-order valence-electron chi connectivity index (χ3n) is 2.20. The van der Waals surface area contributed by atoms with Crippen LogP contribution in [0.15, 0.2) is 0 Å². The lowest BCUT2D eigenvalue weighted by molar-refractivity contribution is 0.0783. The van der Waals surface area contributed by atoms with Gasteiger partial charge in [-0.25, -0.2) is 0 Å². The Hall–Kier alpha value is -0.0800. The summed E-state index contributed by atoms with van der Waals surface area (Å²) in [5.74, 6) is 0.371. The number of hydrogen-bond acceptors (Lipinski definition) is 2. The van der Waals surface area contributed by atoms with Gasteiger partial charge in [0, 0.05) is 6.54 Å². The van der Waals surface area contributed by atoms with E-state index in [-0.39, 0.29) is 6.10 Å². The van der Waals surface area contributed by atoms with Gasteiger partial charge in [-0.05, 0) is 25.4 Å². The van der Waals surface area contributed by atoms with Crippen LogP contribution in [0.5, 0.6) is 0 Å². The Labute approximate surface area is 76.6 Å². The van der Waals surface area contributed by atoms with Crippen LogP contribution >= 0.6 is 0 Å². The van der Waals surface area contributed by atoms with Crippen molar-refractivity contribution in [3.05, 3.63) is 0 Å². The molecule has 0 spiro atoms. The van der Waals surface area contributed by atoms with Crippen LogP contribution in [0.3, 0.4) is 0 Å². The zero-order valence-electron chi connectivity index (χ0n) is 8.88. The summed E-state index contributed by atoms with van der Waals surface area (Å²) in [6.07, 6.45) is 0.995. The van der Waals surface area contributed by atoms with Crippen molar-refractivity contribution >= 4 is 0 Å². The number of hydrogen-bond donors (Lipinski definition) is 1. The molecule has 0 aromatic carbocycles. The molecule has 0 aliphatic heterocycles. The SMILES string of the molecule is CCCN(CC)CC(O)C(C)C. The van der Waals surface area contributed by atoms with Crippen molar-refractivity contribution in [1.82, 2.24) is 4.90 Å². The quantitative estimate of drug-likeness (QED) is 0.661. The van der Waals surface area contributed by atoms with Crippen LogP contribution in [0.1, 0.15) is 34.1 Å². The molecule has 74 valence electrons. The zero-order chi connectivity index (χ0) is 9.56. The first-order valence-corrected chi connectivity index (χ1v) is 5.02. The first-order valence-electron chi connectivity index (χ1n) is 5.02. The largest absolute Gasteiger partial charge is 0.392 e. The second-order valence-corrected chi connectivity index (χ2v) is 3.70. The summed E-state index contributed by atoms with van der Waals surface area (Å²) < 4.78 is 0. The van der Waals surface area contributed by atoms with Gasteiger partial charge >= 0.3 is 0 Å². The average molecular weight is 173 g/mol. The molecule has 1 N–H and O–H groups in total. The Morgan fingerprint density at radius 3 is 2.17 bits per heavy atom. The Kier molecular flexibility index (Phi) is 6.39. The Morgan fingerprint density at radius 1 is 1.25 bits per heavy atom. The fraction of sp³-hybridized carbons (Fsp3) is 1.00. The molecule has 0 bridgehead atoms. The van der Waals surface area contributed by atoms with Gasteiger partial charge in [-0.1, -0.05) is 27.7 Å². The van der Waals surface area contributed by atoms with Gasteiger partial charge < -0.3 is 10.0 Å². The van der Waals surface area contributed by atoms with Crippen LogP contribution in [-0.2, 0) is 0 Å². The normalized spacial score (nSPS) is 14.2. The van der Waals surface area contributed by atoms with Crippen LogP contribution in [0, 0.1) is 5.92 Å². The molecule has 2 heteroatoms. The van der Waals surface area contributed by atoms with E-state index >= 15 is 0 Å². The third-order valence-corrected chi connectivity index (χ3v) is 2.20. The standard InChI is InChI=1S/C10H23NO/c1-5-7-11(6-2)8-10(12)9(3)4/h9-10,12H,5-8H2,1-4H3. The van der Waals surface area contributed by atoms with Gasteiger partial charge in [0.2, 0.25) is 0 Å². The van der Waals surface area contributed by atoms with Gasteiger partial charge in [0.1, 0.15) is 0 Å². The molecule has 0 aromatic rings. The van der Waals surface area contributed by atoms with Crippen molar-refractivity contribution in [3.63, 3.8) is 0 Å². The molecule has 0 saturated heterocycles. The van der Waals surface area contributed by atoms with Gasteiger partial charge in [0.05, 0.1) is 6.10 Å². The van der Waals surface area contributed by atoms with Crippen molar-refractivity contribution in [1.29, 1.82) is 0 Å². The molecule has 12 heavy (non-hydrogen) atoms. The molecular formula is C10H23NO. The van der Waals surface area contributed by atoms with E-state index in [9.17, 15) is 5.11 Å². The highest BCUT2D eigenvalue weighted by Crippen LogP contribution is 2.03. The number of nitrogens with zero attached hydrogens (tertiary/aromatic N) is 1. The molecule has 0 rings (SSSR count). The van der Waals surface area contributed by atoms with Crippen molar-refractivity contribution in [2.75, 3.05) is 19.6 Å². The van der Waals surface area contributed by atoms with Gasteiger partial charge in [0.15, 0.2) is 0 Å². The molecule has 0 aromatic heterocycles. The fourth-order valence-electron chi connectivity index (χ4n) is 1.17. The van der Waals surface area contributed by atoms with E-state index < -0.39 is 0 Å². The summed E-state index contributed by atoms with van der Waals surface area (Å²) in [6.45, 7) is 11.4. The van der Waals surface area contributed by atoms with E-state index in [0.717, 1.165) is 19.6 Å². The highest BCUT2D eigenvalue weighted by atomic mass is 16.3. The topological polar surface area (TPSA) is 23.5 Å². The zero-order valence-corrected chi connectivity index (χ0v) is 8.88. The van der Waals surface area contributed by atoms with E-state index in [2.05, 4.69) is 32.6 Å². The smallest absolute Gasteiger partial charge is 0.0689 e. The summed E-state index contributed by atoms with van der Waals surface area (Å²) >= 11 is 0. The fourth-order valence-corrected chi connectivity index (χ4v) is 1.17. The van der Waals surface area contributed by atoms with Gasteiger partial charge in [-0.3, -0.25) is 0 Å². The van der Waals surface area contributed by atoms with Crippen LogP contribution < -0.4 is 0 Å². The highest BCUT2D eigenvalue weighted by Gasteiger charge is 2.12. The highest BCUT2D eigenvalue weighted by molar-refractivity contribution is 4.65. The van der Waals surface area contributed by atoms with Crippen molar-refractivity contribution in [2.24, 2.45) is 5.92 Å². The van der Waals surface area contributed by atoms with E-state index in [1.54, 1.807) is 0 Å². The molecule has 2 nitrogen and oxygen atoms in total. The predicted octanol–water partition coefficient (Wildman–Crippen LogP) is 1.74. The van der Waals surface area contributed by atoms with Crippen LogP contribution in [0.2, 0.25) is 0 Å². The van der Waals surface area contributed by atoms with E-state index in [1.807, 2.05) is 0 Å². The van der Waals surface area contributed by atoms with Crippen molar-refractivity contribution in [2.45, 2.75) is 40.2 Å². The molecule has 0 aliphatic rings. The summed E-state index contributed by atoms with van der Waals surface area (Å²) in [6, 6.07) is 0. The first kappa shape index (κ1) is 11.9. The van der Waals surface area contributed by atoms with Crippen molar-refractivity contribution < 1.29 is 5.11 Å². The minimum absolute atomic E-state index is 0.170. The second kappa shape index (κ2) is 6.44. The number of aliphatic hydroxyl groups excluding tert-OH is 1. The monoisotopic (exact) mass is 173 g/mol. The van der Waals surface area contributed by atoms with Gasteiger partial charge in [-0.15, -0.1) is 0 Å². The molecule has 0 heterocycles. The summed E-state index contributed by atoms with van der Waals surface area (Å²) in [5.41, 5.74) is 0. The molecule has 0 aliphatic carbocycles. The van der Waals surface area contributed by atoms with E-state index in [0.29, 0.717) is 5.92 Å². The maximum atomic E-state index is 9.61. The third kappa shape index (κ3) is 4.73. The Bertz CT molecular complexity index is 104. The minimum Gasteiger partial charge on any atom is -0.392 e. The minimum atomic E-state index is -0.170. The predicted molar refractivity (Wildman–Crippen MR) is 53.2 cm³/mol. The lowest BCUT2D eigenvalue weighted by atomic mass is 10.1. The number of likely N-dealkylation sites (N-methyl/N-ethyl adjacent to an activating group) is 1. The van der Waals surface area contributed by atoms with Crippen LogP contribution in [0.25, 0.3) is 0 Å². The molecule has 0 radical (unpaired) electrons. The molecule has 0 amide bonds. The van der Waals surface area contributed by atoms with E-state index in [4.69, 9.17) is 0 Å². The molecule has 1 atom stereocenters. The molecular weight excluding hydrogens is 150 g/mol. The summed E-state index contributed by atoms with van der Waals surface area (Å²) in [4.78, 5) is 2.30. The number of aliphatic hydroxyl groups is 1. The molecule has 1 unspecified atom stereocenters. The molecule has 0 fully saturated rings. The Balaban J connectivity index is 3.68. The van der Waals surface area contributed by atoms with Gasteiger partial charge in [0.25, 0.3) is 0 Å². The van der Waals surface area contributed by atoms with E-state index in [1.165, 1.54) is 6.42 Å². The maximum Gasteiger partial charge on any atom is 0.0689 e. The summed E-state index contributed by atoms with van der Waals surface area (Å²) in [5, 5.41) is 9.61. The first-order chi connectivity index (χ1) is 5.61. The van der Waals surface area contributed by atoms with Crippen molar-refractivity contribution in [3.8, 4) is 0 Å². The van der Waals surface area contributed by atoms with Crippen LogP contribution in [0.4, 0.5) is 0 Å². The molecule has 0 saturated carbocycles. The Morgan fingerprint density at radius 2 is 1.83 bits per heavy atom. The lowest BCUT2D eigenvalue weighted by Gasteiger charge is -2.24.